The van der Waals surface area contributed by atoms with E-state index in [1.165, 1.54) is 0 Å². The Morgan fingerprint density at radius 1 is 0.714 bits per heavy atom. The van der Waals surface area contributed by atoms with Gasteiger partial charge < -0.3 is 0 Å². The van der Waals surface area contributed by atoms with Crippen molar-refractivity contribution in [3.8, 4) is 0 Å². The van der Waals surface area contributed by atoms with E-state index in [4.69, 9.17) is 0 Å². The van der Waals surface area contributed by atoms with Gasteiger partial charge in [0.15, 0.2) is 0 Å². The third-order valence-corrected chi connectivity index (χ3v) is 0. The standard InChI is InChI=1S/CH2Br2.4ClH/c2-1-3;;;;/h1H2;4*1H. The predicted octanol–water partition coefficient (Wildman–Crippen LogP) is 3.42. The summed E-state index contributed by atoms with van der Waals surface area (Å²) in [5.74, 6) is 0. The molecule has 0 rings (SSSR count). The van der Waals surface area contributed by atoms with Crippen LogP contribution >= 0.6 is 81.5 Å². The van der Waals surface area contributed by atoms with Crippen molar-refractivity contribution < 1.29 is 0 Å². The van der Waals surface area contributed by atoms with Crippen LogP contribution in [0.15, 0.2) is 0 Å². The maximum atomic E-state index is 3.06. The lowest BCUT2D eigenvalue weighted by Crippen LogP contribution is -1.19. The number of hydrogen-bond acceptors (Lipinski definition) is 0. The van der Waals surface area contributed by atoms with Crippen LogP contribution in [0.3, 0.4) is 0 Å². The molecule has 0 aromatic carbocycles. The molecule has 0 saturated carbocycles. The third kappa shape index (κ3) is 67.7. The fourth-order valence-corrected chi connectivity index (χ4v) is 0. The molecule has 0 heterocycles. The van der Waals surface area contributed by atoms with E-state index in [-0.39, 0.29) is 49.6 Å². The summed E-state index contributed by atoms with van der Waals surface area (Å²) in [7, 11) is 0. The summed E-state index contributed by atoms with van der Waals surface area (Å²) in [4.78, 5) is 0. The molecule has 0 amide bonds. The van der Waals surface area contributed by atoms with E-state index in [9.17, 15) is 0 Å². The van der Waals surface area contributed by atoms with Crippen molar-refractivity contribution >= 4 is 81.5 Å². The number of halogens is 6. The molecule has 0 radical (unpaired) electrons. The van der Waals surface area contributed by atoms with Gasteiger partial charge in [-0.25, -0.2) is 0 Å². The van der Waals surface area contributed by atoms with Crippen molar-refractivity contribution in [2.75, 3.05) is 4.24 Å². The maximum Gasteiger partial charge on any atom is 0.0588 e. The summed E-state index contributed by atoms with van der Waals surface area (Å²) in [5, 5.41) is 0. The van der Waals surface area contributed by atoms with Gasteiger partial charge in [0.05, 0.1) is 4.24 Å². The van der Waals surface area contributed by atoms with Crippen LogP contribution in [-0.2, 0) is 0 Å². The molecule has 7 heavy (non-hydrogen) atoms. The highest BCUT2D eigenvalue weighted by molar-refractivity contribution is 9.24. The molecular formula is CH6Br2Cl4. The average Bonchev–Trinajstić information content (AvgIpc) is 0.918. The molecule has 0 atom stereocenters. The van der Waals surface area contributed by atoms with E-state index in [2.05, 4.69) is 31.9 Å². The maximum absolute atomic E-state index is 3.06. The highest BCUT2D eigenvalue weighted by Gasteiger charge is 1.41. The van der Waals surface area contributed by atoms with Crippen molar-refractivity contribution in [2.45, 2.75) is 0 Å². The molecule has 0 unspecified atom stereocenters. The van der Waals surface area contributed by atoms with Crippen molar-refractivity contribution in [3.63, 3.8) is 0 Å². The zero-order chi connectivity index (χ0) is 2.71. The van der Waals surface area contributed by atoms with Gasteiger partial charge in [0.2, 0.25) is 0 Å². The fourth-order valence-electron chi connectivity index (χ4n) is 0. The quantitative estimate of drug-likeness (QED) is 0.600. The highest BCUT2D eigenvalue weighted by Crippen LogP contribution is 1.83. The zero-order valence-corrected chi connectivity index (χ0v) is 9.53. The SMILES string of the molecule is BrCBr.Cl.Cl.Cl.Cl. The van der Waals surface area contributed by atoms with Crippen LogP contribution in [0.2, 0.25) is 0 Å². The Morgan fingerprint density at radius 2 is 0.714 bits per heavy atom. The molecule has 0 N–H and O–H groups in total. The number of rotatable bonds is 0. The van der Waals surface area contributed by atoms with Crippen LogP contribution in [0.4, 0.5) is 0 Å². The monoisotopic (exact) mass is 316 g/mol. The normalized spacial score (nSPS) is 2.57. The molecule has 0 nitrogen and oxygen atoms in total. The molecule has 0 saturated heterocycles. The highest BCUT2D eigenvalue weighted by atomic mass is 79.9. The number of hydrogen-bond donors (Lipinski definition) is 0. The van der Waals surface area contributed by atoms with Gasteiger partial charge in [-0.05, 0) is 0 Å². The first-order valence-corrected chi connectivity index (χ1v) is 2.78. The first-order chi connectivity index (χ1) is 1.41. The summed E-state index contributed by atoms with van der Waals surface area (Å²) in [5.41, 5.74) is 0. The second kappa shape index (κ2) is 42.3. The third-order valence-electron chi connectivity index (χ3n) is 0. The lowest BCUT2D eigenvalue weighted by molar-refractivity contribution is 2.44. The molecule has 6 heteroatoms. The molecule has 0 aromatic rings. The van der Waals surface area contributed by atoms with E-state index in [0.29, 0.717) is 0 Å². The Morgan fingerprint density at radius 3 is 0.714 bits per heavy atom. The van der Waals surface area contributed by atoms with E-state index >= 15 is 0 Å². The van der Waals surface area contributed by atoms with Crippen LogP contribution in [0, 0.1) is 0 Å². The van der Waals surface area contributed by atoms with E-state index in [1.54, 1.807) is 0 Å². The van der Waals surface area contributed by atoms with Crippen molar-refractivity contribution in [1.82, 2.24) is 0 Å². The fraction of sp³-hybridized carbons (Fsp3) is 1.00. The van der Waals surface area contributed by atoms with Gasteiger partial charge in [0, 0.05) is 0 Å². The van der Waals surface area contributed by atoms with Gasteiger partial charge in [0.25, 0.3) is 0 Å². The summed E-state index contributed by atoms with van der Waals surface area (Å²) >= 11 is 6.12. The molecule has 0 aliphatic carbocycles. The Hall–Kier alpha value is 2.12. The Labute approximate surface area is 85.1 Å². The molecule has 0 aliphatic rings. The second-order valence-electron chi connectivity index (χ2n) is 0.101. The average molecular weight is 320 g/mol. The molecule has 0 spiro atoms. The summed E-state index contributed by atoms with van der Waals surface area (Å²) in [6.45, 7) is 0. The van der Waals surface area contributed by atoms with Gasteiger partial charge in [-0.15, -0.1) is 49.6 Å². The van der Waals surface area contributed by atoms with Gasteiger partial charge >= 0.3 is 0 Å². The lowest BCUT2D eigenvalue weighted by Gasteiger charge is -1.43. The summed E-state index contributed by atoms with van der Waals surface area (Å²) in [6, 6.07) is 0. The van der Waals surface area contributed by atoms with Crippen LogP contribution in [-0.4, -0.2) is 4.24 Å². The molecule has 0 bridgehead atoms. The van der Waals surface area contributed by atoms with E-state index in [0.717, 1.165) is 4.24 Å². The summed E-state index contributed by atoms with van der Waals surface area (Å²) in [6.07, 6.45) is 0. The minimum absolute atomic E-state index is 0. The smallest absolute Gasteiger partial charge is 0.0588 e. The van der Waals surface area contributed by atoms with Crippen molar-refractivity contribution in [3.05, 3.63) is 0 Å². The van der Waals surface area contributed by atoms with E-state index in [1.807, 2.05) is 0 Å². The minimum atomic E-state index is 0. The topological polar surface area (TPSA) is 0 Å². The number of alkyl halides is 2. The Kier molecular flexibility index (Phi) is 214. The molecule has 0 fully saturated rings. The van der Waals surface area contributed by atoms with Gasteiger partial charge in [0.1, 0.15) is 0 Å². The summed E-state index contributed by atoms with van der Waals surface area (Å²) < 4.78 is 0.875. The van der Waals surface area contributed by atoms with Crippen LogP contribution < -0.4 is 0 Å². The largest absolute Gasteiger partial charge is 0.147 e. The zero-order valence-electron chi connectivity index (χ0n) is 3.10. The Bertz CT molecular complexity index is 9.65. The molecule has 52 valence electrons. The van der Waals surface area contributed by atoms with Gasteiger partial charge in [-0.2, -0.15) is 0 Å². The van der Waals surface area contributed by atoms with Crippen molar-refractivity contribution in [1.29, 1.82) is 0 Å². The minimum Gasteiger partial charge on any atom is -0.147 e. The van der Waals surface area contributed by atoms with Gasteiger partial charge in [-0.1, -0.05) is 31.9 Å². The molecule has 0 aromatic heterocycles. The molecular weight excluding hydrogens is 314 g/mol. The first-order valence-electron chi connectivity index (χ1n) is 0.535. The van der Waals surface area contributed by atoms with E-state index < -0.39 is 0 Å². The van der Waals surface area contributed by atoms with Crippen LogP contribution in [0.25, 0.3) is 0 Å². The predicted molar refractivity (Wildman–Crippen MR) is 51.7 cm³/mol. The van der Waals surface area contributed by atoms with Crippen LogP contribution in [0.1, 0.15) is 0 Å². The molecule has 0 aliphatic heterocycles. The lowest BCUT2D eigenvalue weighted by atomic mass is 12.0. The van der Waals surface area contributed by atoms with Crippen LogP contribution in [0.5, 0.6) is 0 Å². The van der Waals surface area contributed by atoms with Crippen molar-refractivity contribution in [2.24, 2.45) is 0 Å². The van der Waals surface area contributed by atoms with Gasteiger partial charge in [-0.3, -0.25) is 0 Å². The second-order valence-corrected chi connectivity index (χ2v) is 2.73. The first kappa shape index (κ1) is 35.4. The Balaban J connectivity index is -0.00000000333.